The number of rotatable bonds is 6. The number of amides is 1. The van der Waals surface area contributed by atoms with Crippen molar-refractivity contribution in [2.24, 2.45) is 0 Å². The average Bonchev–Trinajstić information content (AvgIpc) is 2.29. The summed E-state index contributed by atoms with van der Waals surface area (Å²) in [6.45, 7) is 17.0. The molecule has 0 saturated carbocycles. The first-order chi connectivity index (χ1) is 9.78. The number of nitrogens with one attached hydrogen (secondary N) is 1. The Labute approximate surface area is 136 Å². The Morgan fingerprint density at radius 2 is 1.73 bits per heavy atom. The quantitative estimate of drug-likeness (QED) is 0.578. The maximum absolute atomic E-state index is 11.7. The summed E-state index contributed by atoms with van der Waals surface area (Å²) in [5.41, 5.74) is 0.320. The van der Waals surface area contributed by atoms with Crippen LogP contribution in [-0.4, -0.2) is 44.9 Å². The lowest BCUT2D eigenvalue weighted by molar-refractivity contribution is 0.0531. The van der Waals surface area contributed by atoms with Crippen LogP contribution in [0.4, 0.5) is 4.79 Å². The summed E-state index contributed by atoms with van der Waals surface area (Å²) >= 11 is 0. The van der Waals surface area contributed by atoms with Gasteiger partial charge in [0.2, 0.25) is 0 Å². The zero-order valence-corrected chi connectivity index (χ0v) is 16.4. The molecule has 0 atom stereocenters. The molecule has 0 aromatic carbocycles. The first-order valence-corrected chi connectivity index (χ1v) is 10.6. The van der Waals surface area contributed by atoms with E-state index in [1.54, 1.807) is 6.08 Å². The molecule has 130 valence electrons. The van der Waals surface area contributed by atoms with E-state index >= 15 is 0 Å². The number of carbonyl (C=O) groups is 1. The van der Waals surface area contributed by atoms with E-state index in [1.807, 2.05) is 20.8 Å². The monoisotopic (exact) mass is 331 g/mol. The third kappa shape index (κ3) is 8.56. The number of aliphatic hydroxyl groups excluding tert-OH is 1. The zero-order valence-electron chi connectivity index (χ0n) is 15.4. The normalized spacial score (nSPS) is 14.0. The van der Waals surface area contributed by atoms with Crippen molar-refractivity contribution in [3.05, 3.63) is 11.6 Å². The third-order valence-corrected chi connectivity index (χ3v) is 8.14. The van der Waals surface area contributed by atoms with Crippen LogP contribution in [0.3, 0.4) is 0 Å². The molecule has 0 unspecified atom stereocenters. The minimum atomic E-state index is -1.86. The number of aliphatic hydroxyl groups is 1. The molecule has 0 aliphatic heterocycles. The Balaban J connectivity index is 4.53. The SMILES string of the molecule is CC(C)(C)OC(=O)NC/C(=C\CO)CO[Si](C)(C)C(C)(C)C. The largest absolute Gasteiger partial charge is 0.444 e. The molecule has 0 radical (unpaired) electrons. The number of alkyl carbamates (subject to hydrolysis) is 1. The minimum Gasteiger partial charge on any atom is -0.444 e. The van der Waals surface area contributed by atoms with Crippen molar-refractivity contribution >= 4 is 14.4 Å². The number of ether oxygens (including phenoxy) is 1. The summed E-state index contributed by atoms with van der Waals surface area (Å²) in [5.74, 6) is 0. The topological polar surface area (TPSA) is 67.8 Å². The van der Waals surface area contributed by atoms with Crippen molar-refractivity contribution in [2.75, 3.05) is 19.8 Å². The first-order valence-electron chi connectivity index (χ1n) is 7.68. The van der Waals surface area contributed by atoms with Gasteiger partial charge >= 0.3 is 6.09 Å². The molecule has 0 saturated heterocycles. The fraction of sp³-hybridized carbons (Fsp3) is 0.812. The number of hydrogen-bond acceptors (Lipinski definition) is 4. The molecule has 0 spiro atoms. The molecule has 5 nitrogen and oxygen atoms in total. The molecule has 0 aromatic rings. The van der Waals surface area contributed by atoms with Gasteiger partial charge in [-0.25, -0.2) is 4.79 Å². The van der Waals surface area contributed by atoms with Gasteiger partial charge < -0.3 is 19.6 Å². The molecule has 2 N–H and O–H groups in total. The maximum atomic E-state index is 11.7. The minimum absolute atomic E-state index is 0.0772. The van der Waals surface area contributed by atoms with Gasteiger partial charge in [-0.15, -0.1) is 0 Å². The summed E-state index contributed by atoms with van der Waals surface area (Å²) in [5, 5.41) is 11.9. The van der Waals surface area contributed by atoms with Crippen molar-refractivity contribution in [2.45, 2.75) is 65.3 Å². The van der Waals surface area contributed by atoms with Crippen LogP contribution in [0.1, 0.15) is 41.5 Å². The summed E-state index contributed by atoms with van der Waals surface area (Å²) in [6.07, 6.45) is 1.20. The zero-order chi connectivity index (χ0) is 17.6. The molecular weight excluding hydrogens is 298 g/mol. The van der Waals surface area contributed by atoms with Crippen molar-refractivity contribution in [3.8, 4) is 0 Å². The van der Waals surface area contributed by atoms with E-state index < -0.39 is 20.0 Å². The van der Waals surface area contributed by atoms with E-state index in [9.17, 15) is 4.79 Å². The highest BCUT2D eigenvalue weighted by atomic mass is 28.4. The van der Waals surface area contributed by atoms with Crippen LogP contribution in [0.25, 0.3) is 0 Å². The van der Waals surface area contributed by atoms with Crippen molar-refractivity contribution in [3.63, 3.8) is 0 Å². The summed E-state index contributed by atoms with van der Waals surface area (Å²) in [4.78, 5) is 11.7. The Hall–Kier alpha value is -0.853. The van der Waals surface area contributed by atoms with Gasteiger partial charge in [-0.2, -0.15) is 0 Å². The van der Waals surface area contributed by atoms with E-state index in [0.29, 0.717) is 13.2 Å². The number of hydrogen-bond donors (Lipinski definition) is 2. The number of carbonyl (C=O) groups excluding carboxylic acids is 1. The molecule has 0 aromatic heterocycles. The van der Waals surface area contributed by atoms with Crippen molar-refractivity contribution in [1.29, 1.82) is 0 Å². The Kier molecular flexibility index (Phi) is 7.81. The highest BCUT2D eigenvalue weighted by Crippen LogP contribution is 2.36. The van der Waals surface area contributed by atoms with Crippen LogP contribution in [0.2, 0.25) is 18.1 Å². The summed E-state index contributed by atoms with van der Waals surface area (Å²) in [6, 6.07) is 0. The molecule has 22 heavy (non-hydrogen) atoms. The molecule has 0 aliphatic rings. The highest BCUT2D eigenvalue weighted by Gasteiger charge is 2.37. The van der Waals surface area contributed by atoms with Crippen LogP contribution in [0.5, 0.6) is 0 Å². The molecular formula is C16H33NO4Si. The van der Waals surface area contributed by atoms with Crippen LogP contribution in [0, 0.1) is 0 Å². The Morgan fingerprint density at radius 1 is 1.18 bits per heavy atom. The lowest BCUT2D eigenvalue weighted by atomic mass is 10.2. The maximum Gasteiger partial charge on any atom is 0.407 e. The van der Waals surface area contributed by atoms with Crippen LogP contribution < -0.4 is 5.32 Å². The third-order valence-electron chi connectivity index (χ3n) is 3.66. The van der Waals surface area contributed by atoms with Gasteiger partial charge in [0.05, 0.1) is 13.2 Å². The predicted molar refractivity (Wildman–Crippen MR) is 92.6 cm³/mol. The summed E-state index contributed by atoms with van der Waals surface area (Å²) < 4.78 is 11.3. The van der Waals surface area contributed by atoms with Crippen molar-refractivity contribution in [1.82, 2.24) is 5.32 Å². The molecule has 0 fully saturated rings. The molecule has 6 heteroatoms. The van der Waals surface area contributed by atoms with E-state index in [0.717, 1.165) is 5.57 Å². The van der Waals surface area contributed by atoms with Gasteiger partial charge in [0.25, 0.3) is 0 Å². The lowest BCUT2D eigenvalue weighted by Gasteiger charge is -2.36. The van der Waals surface area contributed by atoms with E-state index in [1.165, 1.54) is 0 Å². The van der Waals surface area contributed by atoms with Gasteiger partial charge in [0.15, 0.2) is 8.32 Å². The van der Waals surface area contributed by atoms with E-state index in [2.05, 4.69) is 39.2 Å². The Morgan fingerprint density at radius 3 is 2.14 bits per heavy atom. The molecule has 0 bridgehead atoms. The van der Waals surface area contributed by atoms with Crippen molar-refractivity contribution < 1.29 is 19.1 Å². The van der Waals surface area contributed by atoms with Crippen LogP contribution in [0.15, 0.2) is 11.6 Å². The van der Waals surface area contributed by atoms with Gasteiger partial charge in [-0.3, -0.25) is 0 Å². The first kappa shape index (κ1) is 21.1. The fourth-order valence-electron chi connectivity index (χ4n) is 1.30. The molecule has 0 aliphatic carbocycles. The van der Waals surface area contributed by atoms with E-state index in [-0.39, 0.29) is 11.6 Å². The van der Waals surface area contributed by atoms with Gasteiger partial charge in [-0.05, 0) is 44.5 Å². The standard InChI is InChI=1S/C16H33NO4Si/c1-15(2,3)21-14(19)17-11-13(9-10-18)12-20-22(7,8)16(4,5)6/h9,18H,10-12H2,1-8H3,(H,17,19)/b13-9+. The average molecular weight is 332 g/mol. The lowest BCUT2D eigenvalue weighted by Crippen LogP contribution is -2.42. The van der Waals surface area contributed by atoms with E-state index in [4.69, 9.17) is 14.3 Å². The van der Waals surface area contributed by atoms with Gasteiger partial charge in [0.1, 0.15) is 5.60 Å². The summed E-state index contributed by atoms with van der Waals surface area (Å²) in [7, 11) is -1.86. The second-order valence-corrected chi connectivity index (χ2v) is 12.8. The molecule has 0 heterocycles. The van der Waals surface area contributed by atoms with Crippen LogP contribution in [-0.2, 0) is 9.16 Å². The Bertz CT molecular complexity index is 392. The molecule has 0 rings (SSSR count). The van der Waals surface area contributed by atoms with Crippen LogP contribution >= 0.6 is 0 Å². The highest BCUT2D eigenvalue weighted by molar-refractivity contribution is 6.74. The van der Waals surface area contributed by atoms with Gasteiger partial charge in [0, 0.05) is 6.54 Å². The fourth-order valence-corrected chi connectivity index (χ4v) is 2.28. The second kappa shape index (κ2) is 8.13. The molecule has 1 amide bonds. The predicted octanol–water partition coefficient (Wildman–Crippen LogP) is 3.45. The smallest absolute Gasteiger partial charge is 0.407 e. The van der Waals surface area contributed by atoms with Gasteiger partial charge in [-0.1, -0.05) is 26.8 Å². The second-order valence-electron chi connectivity index (χ2n) is 7.95.